The molecule has 39 heavy (non-hydrogen) atoms. The van der Waals surface area contributed by atoms with Crippen LogP contribution in [-0.2, 0) is 11.3 Å². The molecule has 5 aliphatic rings. The zero-order valence-electron chi connectivity index (χ0n) is 21.5. The Bertz CT molecular complexity index is 1500. The molecule has 3 aromatic carbocycles. The zero-order chi connectivity index (χ0) is 26.9. The highest BCUT2D eigenvalue weighted by Crippen LogP contribution is 2.64. The number of carboxylic acids is 1. The first-order chi connectivity index (χ1) is 18.7. The molecule has 4 saturated carbocycles. The highest BCUT2D eigenvalue weighted by atomic mass is 35.5. The van der Waals surface area contributed by atoms with E-state index in [0.29, 0.717) is 46.6 Å². The average molecular weight is 541 g/mol. The van der Waals surface area contributed by atoms with Gasteiger partial charge in [0.25, 0.3) is 11.8 Å². The summed E-state index contributed by atoms with van der Waals surface area (Å²) in [7, 11) is 0. The van der Waals surface area contributed by atoms with Gasteiger partial charge >= 0.3 is 5.97 Å². The number of anilines is 1. The number of halogens is 1. The molecule has 2 unspecified atom stereocenters. The van der Waals surface area contributed by atoms with E-state index in [1.54, 1.807) is 24.3 Å². The van der Waals surface area contributed by atoms with Crippen LogP contribution in [0.15, 0.2) is 66.7 Å². The molecule has 2 N–H and O–H groups in total. The number of carbonyl (C=O) groups is 3. The van der Waals surface area contributed by atoms with Crippen molar-refractivity contribution in [3.05, 3.63) is 88.4 Å². The van der Waals surface area contributed by atoms with Gasteiger partial charge in [-0.05, 0) is 110 Å². The Morgan fingerprint density at radius 1 is 0.897 bits per heavy atom. The predicted octanol–water partition coefficient (Wildman–Crippen LogP) is 6.64. The van der Waals surface area contributed by atoms with Crippen LogP contribution in [0.25, 0.3) is 11.1 Å². The van der Waals surface area contributed by atoms with Crippen LogP contribution in [0, 0.1) is 17.3 Å². The van der Waals surface area contributed by atoms with Crippen LogP contribution >= 0.6 is 11.6 Å². The highest BCUT2D eigenvalue weighted by molar-refractivity contribution is 6.30. The van der Waals surface area contributed by atoms with Crippen LogP contribution in [0.5, 0.6) is 0 Å². The molecule has 2 amide bonds. The predicted molar refractivity (Wildman–Crippen MR) is 149 cm³/mol. The molecule has 7 heteroatoms. The van der Waals surface area contributed by atoms with Gasteiger partial charge in [-0.25, -0.2) is 0 Å². The Kier molecular flexibility index (Phi) is 5.43. The third kappa shape index (κ3) is 3.96. The number of carbonyl (C=O) groups excluding carboxylic acids is 2. The van der Waals surface area contributed by atoms with Gasteiger partial charge in [-0.15, -0.1) is 0 Å². The van der Waals surface area contributed by atoms with E-state index in [1.165, 1.54) is 0 Å². The first-order valence-corrected chi connectivity index (χ1v) is 14.0. The lowest BCUT2D eigenvalue weighted by Crippen LogP contribution is -2.64. The van der Waals surface area contributed by atoms with E-state index in [0.717, 1.165) is 48.8 Å². The molecule has 0 radical (unpaired) electrons. The second kappa shape index (κ2) is 8.68. The van der Waals surface area contributed by atoms with E-state index in [9.17, 15) is 19.5 Å². The fourth-order valence-corrected chi connectivity index (χ4v) is 8.32. The Labute approximate surface area is 232 Å². The topological polar surface area (TPSA) is 86.7 Å². The third-order valence-corrected chi connectivity index (χ3v) is 9.80. The van der Waals surface area contributed by atoms with Crippen molar-refractivity contribution < 1.29 is 19.5 Å². The molecule has 4 aliphatic carbocycles. The number of carboxylic acid groups (broad SMARTS) is 1. The second-order valence-electron chi connectivity index (χ2n) is 12.1. The van der Waals surface area contributed by atoms with E-state index < -0.39 is 11.4 Å². The van der Waals surface area contributed by atoms with Crippen molar-refractivity contribution >= 4 is 35.1 Å². The van der Waals surface area contributed by atoms with Crippen LogP contribution in [0.4, 0.5) is 5.69 Å². The minimum Gasteiger partial charge on any atom is -0.481 e. The molecule has 0 aromatic heterocycles. The van der Waals surface area contributed by atoms with E-state index in [2.05, 4.69) is 5.32 Å². The van der Waals surface area contributed by atoms with Crippen molar-refractivity contribution in [3.63, 3.8) is 0 Å². The lowest BCUT2D eigenvalue weighted by atomic mass is 9.46. The van der Waals surface area contributed by atoms with Crippen LogP contribution < -0.4 is 5.32 Å². The largest absolute Gasteiger partial charge is 0.481 e. The Morgan fingerprint density at radius 3 is 2.23 bits per heavy atom. The van der Waals surface area contributed by atoms with Crippen molar-refractivity contribution in [3.8, 4) is 11.1 Å². The van der Waals surface area contributed by atoms with Crippen molar-refractivity contribution in [2.24, 2.45) is 17.3 Å². The van der Waals surface area contributed by atoms with Crippen LogP contribution in [0.1, 0.15) is 64.8 Å². The van der Waals surface area contributed by atoms with E-state index >= 15 is 0 Å². The number of fused-ring (bicyclic) bond motifs is 1. The third-order valence-electron chi connectivity index (χ3n) is 9.55. The number of benzene rings is 3. The molecule has 8 rings (SSSR count). The zero-order valence-corrected chi connectivity index (χ0v) is 22.2. The molecule has 1 aliphatic heterocycles. The summed E-state index contributed by atoms with van der Waals surface area (Å²) in [5.41, 5.74) is 3.80. The van der Waals surface area contributed by atoms with Crippen molar-refractivity contribution in [1.29, 1.82) is 0 Å². The van der Waals surface area contributed by atoms with Crippen molar-refractivity contribution in [2.45, 2.75) is 50.6 Å². The molecule has 2 atom stereocenters. The van der Waals surface area contributed by atoms with E-state index in [1.807, 2.05) is 47.4 Å². The van der Waals surface area contributed by atoms with Crippen LogP contribution in [-0.4, -0.2) is 33.3 Å². The van der Waals surface area contributed by atoms with Gasteiger partial charge in [-0.2, -0.15) is 0 Å². The molecule has 3 aromatic rings. The van der Waals surface area contributed by atoms with Crippen LogP contribution in [0.3, 0.4) is 0 Å². The van der Waals surface area contributed by atoms with Gasteiger partial charge in [0.1, 0.15) is 0 Å². The minimum absolute atomic E-state index is 0.0289. The van der Waals surface area contributed by atoms with E-state index in [-0.39, 0.29) is 17.4 Å². The fourth-order valence-electron chi connectivity index (χ4n) is 8.19. The normalized spacial score (nSPS) is 28.4. The number of aliphatic carboxylic acids is 1. The van der Waals surface area contributed by atoms with Gasteiger partial charge in [0.05, 0.1) is 5.41 Å². The maximum absolute atomic E-state index is 13.8. The molecule has 0 saturated heterocycles. The molecule has 6 nitrogen and oxygen atoms in total. The second-order valence-corrected chi connectivity index (χ2v) is 12.5. The molecule has 198 valence electrons. The smallest absolute Gasteiger partial charge is 0.309 e. The average Bonchev–Trinajstić information content (AvgIpc) is 3.25. The molecule has 0 spiro atoms. The summed E-state index contributed by atoms with van der Waals surface area (Å²) in [4.78, 5) is 40.7. The quantitative estimate of drug-likeness (QED) is 0.380. The summed E-state index contributed by atoms with van der Waals surface area (Å²) >= 11 is 5.91. The van der Waals surface area contributed by atoms with Gasteiger partial charge in [0, 0.05) is 33.9 Å². The summed E-state index contributed by atoms with van der Waals surface area (Å²) in [6.45, 7) is 0.555. The maximum Gasteiger partial charge on any atom is 0.309 e. The first kappa shape index (κ1) is 24.4. The first-order valence-electron chi connectivity index (χ1n) is 13.6. The fraction of sp³-hybridized carbons (Fsp3) is 0.344. The lowest BCUT2D eigenvalue weighted by molar-refractivity contribution is -0.175. The summed E-state index contributed by atoms with van der Waals surface area (Å²) in [5.74, 6) is -0.0698. The number of hydrogen-bond donors (Lipinski definition) is 2. The van der Waals surface area contributed by atoms with Crippen molar-refractivity contribution in [1.82, 2.24) is 4.90 Å². The van der Waals surface area contributed by atoms with Gasteiger partial charge in [0.15, 0.2) is 0 Å². The Hall–Kier alpha value is -3.64. The number of rotatable bonds is 5. The monoisotopic (exact) mass is 540 g/mol. The Balaban J connectivity index is 1.11. The molecule has 1 heterocycles. The van der Waals surface area contributed by atoms with Gasteiger partial charge < -0.3 is 15.3 Å². The Morgan fingerprint density at radius 2 is 1.56 bits per heavy atom. The molecule has 4 bridgehead atoms. The molecular formula is C32H29ClN2O4. The lowest BCUT2D eigenvalue weighted by Gasteiger charge is -2.62. The number of nitrogens with one attached hydrogen (secondary N) is 1. The SMILES string of the molecule is O=C(Nc1ccc(-c2ccc3c(c2)C(=O)N(C24CC5CC(CC(C(=O)O)(C5)C2)C4)C3)cc1)c1ccc(Cl)cc1. The van der Waals surface area contributed by atoms with Gasteiger partial charge in [-0.1, -0.05) is 35.9 Å². The standard InChI is InChI=1S/C32H29ClN2O4/c33-25-7-3-22(4-8-25)28(36)34-26-9-5-21(6-10-26)23-1-2-24-17-35(29(37)27(24)12-23)32-15-19-11-20(16-32)14-31(13-19,18-32)30(38)39/h1-10,12,19-20H,11,13-18H2,(H,34,36)(H,38,39). The summed E-state index contributed by atoms with van der Waals surface area (Å²) in [6, 6.07) is 20.3. The maximum atomic E-state index is 13.8. The molecular weight excluding hydrogens is 512 g/mol. The highest BCUT2D eigenvalue weighted by Gasteiger charge is 2.63. The molecule has 4 fully saturated rings. The summed E-state index contributed by atoms with van der Waals surface area (Å²) in [6.07, 6.45) is 5.05. The van der Waals surface area contributed by atoms with Gasteiger partial charge in [-0.3, -0.25) is 14.4 Å². The minimum atomic E-state index is -0.680. The van der Waals surface area contributed by atoms with Crippen molar-refractivity contribution in [2.75, 3.05) is 5.32 Å². The number of nitrogens with zero attached hydrogens (tertiary/aromatic N) is 1. The summed E-state index contributed by atoms with van der Waals surface area (Å²) in [5, 5.41) is 13.6. The number of amides is 2. The summed E-state index contributed by atoms with van der Waals surface area (Å²) < 4.78 is 0. The van der Waals surface area contributed by atoms with E-state index in [4.69, 9.17) is 11.6 Å². The van der Waals surface area contributed by atoms with Crippen LogP contribution in [0.2, 0.25) is 5.02 Å². The number of hydrogen-bond acceptors (Lipinski definition) is 3. The van der Waals surface area contributed by atoms with Gasteiger partial charge in [0.2, 0.25) is 0 Å².